The van der Waals surface area contributed by atoms with Crippen LogP contribution in [0.25, 0.3) is 0 Å². The maximum atomic E-state index is 12.7. The molecule has 29 heavy (non-hydrogen) atoms. The number of piperazine rings is 1. The van der Waals surface area contributed by atoms with E-state index in [0.29, 0.717) is 62.5 Å². The number of rotatable bonds is 3. The van der Waals surface area contributed by atoms with Crippen molar-refractivity contribution in [2.75, 3.05) is 68.6 Å². The maximum Gasteiger partial charge on any atom is 0.321 e. The van der Waals surface area contributed by atoms with Crippen molar-refractivity contribution >= 4 is 23.5 Å². The van der Waals surface area contributed by atoms with E-state index in [1.165, 1.54) is 0 Å². The highest BCUT2D eigenvalue weighted by molar-refractivity contribution is 5.90. The molecule has 9 nitrogen and oxygen atoms in total. The zero-order valence-electron chi connectivity index (χ0n) is 17.0. The molecule has 0 spiro atoms. The van der Waals surface area contributed by atoms with Crippen molar-refractivity contribution in [2.45, 2.75) is 6.92 Å². The second-order valence-corrected chi connectivity index (χ2v) is 7.32. The SMILES string of the molecule is Cc1cc(N(C)C)nc(N2CCN(C(=O)Nc3ccc4c(c3)OCCO4)CC2)n1. The molecule has 1 saturated heterocycles. The molecule has 0 atom stereocenters. The molecule has 154 valence electrons. The maximum absolute atomic E-state index is 12.7. The van der Waals surface area contributed by atoms with Gasteiger partial charge in [0.25, 0.3) is 0 Å². The minimum atomic E-state index is -0.125. The van der Waals surface area contributed by atoms with Gasteiger partial charge in [-0.25, -0.2) is 9.78 Å². The molecule has 4 rings (SSSR count). The van der Waals surface area contributed by atoms with Crippen molar-refractivity contribution in [2.24, 2.45) is 0 Å². The van der Waals surface area contributed by atoms with Crippen molar-refractivity contribution in [3.63, 3.8) is 0 Å². The van der Waals surface area contributed by atoms with Crippen LogP contribution in [0.4, 0.5) is 22.2 Å². The highest BCUT2D eigenvalue weighted by atomic mass is 16.6. The van der Waals surface area contributed by atoms with E-state index in [-0.39, 0.29) is 6.03 Å². The van der Waals surface area contributed by atoms with Gasteiger partial charge in [-0.3, -0.25) is 0 Å². The van der Waals surface area contributed by atoms with Crippen LogP contribution >= 0.6 is 0 Å². The fraction of sp³-hybridized carbons (Fsp3) is 0.450. The van der Waals surface area contributed by atoms with E-state index in [1.54, 1.807) is 11.0 Å². The summed E-state index contributed by atoms with van der Waals surface area (Å²) in [4.78, 5) is 27.7. The Balaban J connectivity index is 1.36. The van der Waals surface area contributed by atoms with Gasteiger partial charge in [0.2, 0.25) is 5.95 Å². The lowest BCUT2D eigenvalue weighted by molar-refractivity contribution is 0.171. The summed E-state index contributed by atoms with van der Waals surface area (Å²) in [6.07, 6.45) is 0. The number of fused-ring (bicyclic) bond motifs is 1. The first-order chi connectivity index (χ1) is 14.0. The summed E-state index contributed by atoms with van der Waals surface area (Å²) < 4.78 is 11.1. The number of hydrogen-bond donors (Lipinski definition) is 1. The van der Waals surface area contributed by atoms with E-state index < -0.39 is 0 Å². The molecule has 0 aliphatic carbocycles. The molecule has 2 aliphatic heterocycles. The van der Waals surface area contributed by atoms with Crippen molar-refractivity contribution < 1.29 is 14.3 Å². The molecule has 1 aromatic carbocycles. The summed E-state index contributed by atoms with van der Waals surface area (Å²) in [5.41, 5.74) is 1.62. The van der Waals surface area contributed by atoms with Crippen molar-refractivity contribution in [1.82, 2.24) is 14.9 Å². The second-order valence-electron chi connectivity index (χ2n) is 7.32. The number of aromatic nitrogens is 2. The topological polar surface area (TPSA) is 83.1 Å². The molecular formula is C20H26N6O3. The number of carbonyl (C=O) groups excluding carboxylic acids is 1. The molecule has 0 saturated carbocycles. The van der Waals surface area contributed by atoms with Crippen LogP contribution in [-0.4, -0.2) is 74.4 Å². The average Bonchev–Trinajstić information content (AvgIpc) is 2.73. The molecule has 0 bridgehead atoms. The summed E-state index contributed by atoms with van der Waals surface area (Å²) in [5.74, 6) is 2.96. The Morgan fingerprint density at radius 3 is 2.48 bits per heavy atom. The van der Waals surface area contributed by atoms with Gasteiger partial charge in [0.15, 0.2) is 11.5 Å². The van der Waals surface area contributed by atoms with Gasteiger partial charge < -0.3 is 29.5 Å². The minimum absolute atomic E-state index is 0.125. The Kier molecular flexibility index (Phi) is 5.28. The number of carbonyl (C=O) groups is 1. The Morgan fingerprint density at radius 2 is 1.76 bits per heavy atom. The van der Waals surface area contributed by atoms with E-state index in [0.717, 1.165) is 11.5 Å². The lowest BCUT2D eigenvalue weighted by atomic mass is 10.2. The van der Waals surface area contributed by atoms with E-state index in [2.05, 4.69) is 20.2 Å². The van der Waals surface area contributed by atoms with Crippen LogP contribution in [0.15, 0.2) is 24.3 Å². The average molecular weight is 398 g/mol. The molecule has 1 fully saturated rings. The normalized spacial score (nSPS) is 15.8. The summed E-state index contributed by atoms with van der Waals surface area (Å²) in [5, 5.41) is 2.94. The Morgan fingerprint density at radius 1 is 1.03 bits per heavy atom. The van der Waals surface area contributed by atoms with Gasteiger partial charge >= 0.3 is 6.03 Å². The molecule has 2 aliphatic rings. The Hall–Kier alpha value is -3.23. The number of hydrogen-bond acceptors (Lipinski definition) is 7. The molecule has 2 amide bonds. The minimum Gasteiger partial charge on any atom is -0.486 e. The van der Waals surface area contributed by atoms with Crippen LogP contribution < -0.4 is 24.6 Å². The van der Waals surface area contributed by atoms with Crippen LogP contribution in [-0.2, 0) is 0 Å². The third-order valence-electron chi connectivity index (χ3n) is 4.93. The van der Waals surface area contributed by atoms with Gasteiger partial charge in [0.05, 0.1) is 0 Å². The van der Waals surface area contributed by atoms with Crippen LogP contribution in [0.3, 0.4) is 0 Å². The van der Waals surface area contributed by atoms with Crippen LogP contribution in [0.1, 0.15) is 5.69 Å². The number of anilines is 3. The number of amides is 2. The molecule has 3 heterocycles. The van der Waals surface area contributed by atoms with Crippen molar-refractivity contribution in [1.29, 1.82) is 0 Å². The lowest BCUT2D eigenvalue weighted by Gasteiger charge is -2.35. The van der Waals surface area contributed by atoms with Gasteiger partial charge in [0, 0.05) is 63.8 Å². The van der Waals surface area contributed by atoms with Crippen LogP contribution in [0.5, 0.6) is 11.5 Å². The quantitative estimate of drug-likeness (QED) is 0.846. The second kappa shape index (κ2) is 8.02. The zero-order chi connectivity index (χ0) is 20.4. The first kappa shape index (κ1) is 19.1. The van der Waals surface area contributed by atoms with Gasteiger partial charge in [-0.15, -0.1) is 0 Å². The standard InChI is InChI=1S/C20H26N6O3/c1-14-12-18(24(2)3)23-19(21-14)25-6-8-26(9-7-25)20(27)22-15-4-5-16-17(13-15)29-11-10-28-16/h4-5,12-13H,6-11H2,1-3H3,(H,22,27). The molecule has 1 aromatic heterocycles. The van der Waals surface area contributed by atoms with E-state index in [1.807, 2.05) is 44.1 Å². The van der Waals surface area contributed by atoms with E-state index in [9.17, 15) is 4.79 Å². The monoisotopic (exact) mass is 398 g/mol. The number of nitrogens with zero attached hydrogens (tertiary/aromatic N) is 5. The molecular weight excluding hydrogens is 372 g/mol. The fourth-order valence-corrected chi connectivity index (χ4v) is 3.34. The summed E-state index contributed by atoms with van der Waals surface area (Å²) in [7, 11) is 3.93. The fourth-order valence-electron chi connectivity index (χ4n) is 3.34. The summed E-state index contributed by atoms with van der Waals surface area (Å²) in [6.45, 7) is 5.60. The van der Waals surface area contributed by atoms with Gasteiger partial charge in [-0.2, -0.15) is 4.98 Å². The smallest absolute Gasteiger partial charge is 0.321 e. The number of ether oxygens (including phenoxy) is 2. The largest absolute Gasteiger partial charge is 0.486 e. The van der Waals surface area contributed by atoms with Crippen molar-refractivity contribution in [3.8, 4) is 11.5 Å². The van der Waals surface area contributed by atoms with Crippen molar-refractivity contribution in [3.05, 3.63) is 30.0 Å². The van der Waals surface area contributed by atoms with Gasteiger partial charge in [-0.1, -0.05) is 0 Å². The first-order valence-electron chi connectivity index (χ1n) is 9.73. The predicted molar refractivity (Wildman–Crippen MR) is 111 cm³/mol. The van der Waals surface area contributed by atoms with Gasteiger partial charge in [-0.05, 0) is 19.1 Å². The Bertz CT molecular complexity index is 896. The Labute approximate surface area is 170 Å². The number of aryl methyl sites for hydroxylation is 1. The molecule has 9 heteroatoms. The number of benzene rings is 1. The third-order valence-corrected chi connectivity index (χ3v) is 4.93. The highest BCUT2D eigenvalue weighted by Crippen LogP contribution is 2.32. The summed E-state index contributed by atoms with van der Waals surface area (Å²) >= 11 is 0. The van der Waals surface area contributed by atoms with Gasteiger partial charge in [0.1, 0.15) is 19.0 Å². The molecule has 2 aromatic rings. The zero-order valence-corrected chi connectivity index (χ0v) is 17.0. The summed E-state index contributed by atoms with van der Waals surface area (Å²) in [6, 6.07) is 7.28. The highest BCUT2D eigenvalue weighted by Gasteiger charge is 2.24. The predicted octanol–water partition coefficient (Wildman–Crippen LogP) is 1.98. The molecule has 1 N–H and O–H groups in total. The lowest BCUT2D eigenvalue weighted by Crippen LogP contribution is -2.50. The number of urea groups is 1. The molecule has 0 radical (unpaired) electrons. The van der Waals surface area contributed by atoms with E-state index in [4.69, 9.17) is 9.47 Å². The number of nitrogens with one attached hydrogen (secondary N) is 1. The van der Waals surface area contributed by atoms with Crippen LogP contribution in [0.2, 0.25) is 0 Å². The first-order valence-corrected chi connectivity index (χ1v) is 9.73. The van der Waals surface area contributed by atoms with Crippen LogP contribution in [0, 0.1) is 6.92 Å². The van der Waals surface area contributed by atoms with E-state index >= 15 is 0 Å². The molecule has 0 unspecified atom stereocenters. The third kappa shape index (κ3) is 4.28.